The topological polar surface area (TPSA) is 65.5 Å². The molecule has 5 nitrogen and oxygen atoms in total. The van der Waals surface area contributed by atoms with Crippen LogP contribution in [0, 0.1) is 0 Å². The van der Waals surface area contributed by atoms with Crippen LogP contribution in [0.25, 0.3) is 0 Å². The zero-order valence-corrected chi connectivity index (χ0v) is 11.5. The Morgan fingerprint density at radius 1 is 1.00 bits per heavy atom. The lowest BCUT2D eigenvalue weighted by Gasteiger charge is -2.16. The highest BCUT2D eigenvalue weighted by Crippen LogP contribution is 2.12. The summed E-state index contributed by atoms with van der Waals surface area (Å²) in [7, 11) is 0. The summed E-state index contributed by atoms with van der Waals surface area (Å²) in [4.78, 5) is 15.2. The van der Waals surface area contributed by atoms with Crippen molar-refractivity contribution in [1.82, 2.24) is 10.9 Å². The molecule has 0 radical (unpaired) electrons. The van der Waals surface area contributed by atoms with Crippen LogP contribution in [-0.4, -0.2) is 18.3 Å². The molecule has 2 aromatic carbocycles. The number of rotatable bonds is 4. The van der Waals surface area contributed by atoms with Crippen LogP contribution in [0.4, 0.5) is 5.69 Å². The molecule has 3 N–H and O–H groups in total. The van der Waals surface area contributed by atoms with Crippen molar-refractivity contribution >= 4 is 17.4 Å². The second-order valence-electron chi connectivity index (χ2n) is 4.75. The molecule has 3 rings (SSSR count). The van der Waals surface area contributed by atoms with Crippen LogP contribution in [0.3, 0.4) is 0 Å². The fourth-order valence-corrected chi connectivity index (χ4v) is 2.07. The Labute approximate surface area is 123 Å². The van der Waals surface area contributed by atoms with Crippen LogP contribution in [0.2, 0.25) is 0 Å². The molecule has 5 heteroatoms. The number of amides is 1. The maximum atomic E-state index is 11.0. The largest absolute Gasteiger partial charge is 0.381 e. The van der Waals surface area contributed by atoms with Gasteiger partial charge in [0.15, 0.2) is 0 Å². The van der Waals surface area contributed by atoms with Crippen LogP contribution in [-0.2, 0) is 11.3 Å². The number of hydrazine groups is 1. The predicted octanol–water partition coefficient (Wildman–Crippen LogP) is 1.68. The third kappa shape index (κ3) is 3.39. The van der Waals surface area contributed by atoms with E-state index < -0.39 is 0 Å². The number of carbonyl (C=O) groups is 1. The first-order valence-electron chi connectivity index (χ1n) is 6.79. The van der Waals surface area contributed by atoms with Crippen molar-refractivity contribution in [3.05, 3.63) is 65.7 Å². The zero-order chi connectivity index (χ0) is 14.5. The minimum atomic E-state index is -0.125. The van der Waals surface area contributed by atoms with E-state index in [4.69, 9.17) is 0 Å². The lowest BCUT2D eigenvalue weighted by Crippen LogP contribution is -2.47. The van der Waals surface area contributed by atoms with Crippen LogP contribution in [0.5, 0.6) is 0 Å². The molecule has 0 saturated carbocycles. The van der Waals surface area contributed by atoms with Crippen molar-refractivity contribution in [3.63, 3.8) is 0 Å². The van der Waals surface area contributed by atoms with Gasteiger partial charge >= 0.3 is 0 Å². The average Bonchev–Trinajstić information content (AvgIpc) is 2.55. The number of anilines is 1. The number of aliphatic imine (C=N–C) groups is 1. The Balaban J connectivity index is 1.63. The van der Waals surface area contributed by atoms with Gasteiger partial charge in [-0.25, -0.2) is 0 Å². The third-order valence-electron chi connectivity index (χ3n) is 3.20. The van der Waals surface area contributed by atoms with Gasteiger partial charge in [0, 0.05) is 17.8 Å². The first kappa shape index (κ1) is 13.2. The third-order valence-corrected chi connectivity index (χ3v) is 3.20. The van der Waals surface area contributed by atoms with Crippen molar-refractivity contribution in [2.75, 3.05) is 11.9 Å². The molecular weight excluding hydrogens is 264 g/mol. The molecule has 2 aromatic rings. The van der Waals surface area contributed by atoms with E-state index in [0.29, 0.717) is 5.84 Å². The average molecular weight is 280 g/mol. The first-order valence-corrected chi connectivity index (χ1v) is 6.79. The molecule has 0 fully saturated rings. The van der Waals surface area contributed by atoms with Crippen LogP contribution in [0.15, 0.2) is 59.6 Å². The molecule has 0 bridgehead atoms. The Bertz CT molecular complexity index is 650. The maximum absolute atomic E-state index is 11.0. The summed E-state index contributed by atoms with van der Waals surface area (Å²) in [6.07, 6.45) is 0. The second-order valence-corrected chi connectivity index (χ2v) is 4.75. The Kier molecular flexibility index (Phi) is 3.82. The molecule has 21 heavy (non-hydrogen) atoms. The highest BCUT2D eigenvalue weighted by Gasteiger charge is 2.11. The molecule has 0 spiro atoms. The van der Waals surface area contributed by atoms with Gasteiger partial charge in [-0.3, -0.25) is 20.6 Å². The number of amidine groups is 1. The van der Waals surface area contributed by atoms with E-state index in [1.54, 1.807) is 0 Å². The van der Waals surface area contributed by atoms with E-state index in [1.165, 1.54) is 5.56 Å². The minimum absolute atomic E-state index is 0.125. The van der Waals surface area contributed by atoms with Crippen LogP contribution in [0.1, 0.15) is 11.1 Å². The summed E-state index contributed by atoms with van der Waals surface area (Å²) in [5.74, 6) is 0.559. The number of hydrogen-bond donors (Lipinski definition) is 3. The molecule has 1 heterocycles. The Hall–Kier alpha value is -2.82. The number of nitrogens with zero attached hydrogens (tertiary/aromatic N) is 1. The SMILES string of the molecule is O=C1CN=C(c2ccc(NCc3ccccc3)cc2)NN1. The Morgan fingerprint density at radius 2 is 1.76 bits per heavy atom. The molecule has 1 amide bonds. The normalized spacial score (nSPS) is 13.9. The second kappa shape index (κ2) is 6.09. The molecule has 0 atom stereocenters. The minimum Gasteiger partial charge on any atom is -0.381 e. The van der Waals surface area contributed by atoms with Crippen molar-refractivity contribution < 1.29 is 4.79 Å². The highest BCUT2D eigenvalue weighted by molar-refractivity contribution is 6.02. The standard InChI is InChI=1S/C16H16N4O/c21-15-11-18-16(20-19-15)13-6-8-14(9-7-13)17-10-12-4-2-1-3-5-12/h1-9,17H,10-11H2,(H,18,20)(H,19,21). The van der Waals surface area contributed by atoms with E-state index in [0.717, 1.165) is 17.8 Å². The van der Waals surface area contributed by atoms with E-state index in [2.05, 4.69) is 33.3 Å². The number of hydrogen-bond acceptors (Lipinski definition) is 4. The van der Waals surface area contributed by atoms with Gasteiger partial charge < -0.3 is 5.32 Å². The van der Waals surface area contributed by atoms with Gasteiger partial charge in [0.25, 0.3) is 5.91 Å². The summed E-state index contributed by atoms with van der Waals surface area (Å²) in [6.45, 7) is 0.950. The quantitative estimate of drug-likeness (QED) is 0.798. The van der Waals surface area contributed by atoms with Gasteiger partial charge in [0.1, 0.15) is 12.4 Å². The zero-order valence-electron chi connectivity index (χ0n) is 11.5. The summed E-state index contributed by atoms with van der Waals surface area (Å²) in [6, 6.07) is 18.2. The van der Waals surface area contributed by atoms with E-state index in [9.17, 15) is 4.79 Å². The van der Waals surface area contributed by atoms with Crippen LogP contribution < -0.4 is 16.2 Å². The highest BCUT2D eigenvalue weighted by atomic mass is 16.2. The van der Waals surface area contributed by atoms with E-state index in [1.807, 2.05) is 42.5 Å². The summed E-state index contributed by atoms with van der Waals surface area (Å²) >= 11 is 0. The Morgan fingerprint density at radius 3 is 2.43 bits per heavy atom. The smallest absolute Gasteiger partial charge is 0.260 e. The lowest BCUT2D eigenvalue weighted by molar-refractivity contribution is -0.120. The van der Waals surface area contributed by atoms with Gasteiger partial charge in [-0.2, -0.15) is 0 Å². The number of carbonyl (C=O) groups excluding carboxylic acids is 1. The fraction of sp³-hybridized carbons (Fsp3) is 0.125. The fourth-order valence-electron chi connectivity index (χ4n) is 2.07. The maximum Gasteiger partial charge on any atom is 0.260 e. The summed E-state index contributed by atoms with van der Waals surface area (Å²) in [5, 5.41) is 3.37. The van der Waals surface area contributed by atoms with E-state index >= 15 is 0 Å². The van der Waals surface area contributed by atoms with Gasteiger partial charge in [-0.1, -0.05) is 30.3 Å². The van der Waals surface area contributed by atoms with Gasteiger partial charge in [0.2, 0.25) is 0 Å². The molecular formula is C16H16N4O. The van der Waals surface area contributed by atoms with Crippen molar-refractivity contribution in [2.24, 2.45) is 4.99 Å². The molecule has 0 aliphatic carbocycles. The molecule has 0 unspecified atom stereocenters. The lowest BCUT2D eigenvalue weighted by atomic mass is 10.1. The van der Waals surface area contributed by atoms with Gasteiger partial charge in [-0.05, 0) is 29.8 Å². The van der Waals surface area contributed by atoms with Gasteiger partial charge in [-0.15, -0.1) is 0 Å². The van der Waals surface area contributed by atoms with Crippen molar-refractivity contribution in [1.29, 1.82) is 0 Å². The molecule has 1 aliphatic rings. The number of nitrogens with one attached hydrogen (secondary N) is 3. The van der Waals surface area contributed by atoms with E-state index in [-0.39, 0.29) is 12.5 Å². The first-order chi connectivity index (χ1) is 10.3. The monoisotopic (exact) mass is 280 g/mol. The van der Waals surface area contributed by atoms with Gasteiger partial charge in [0.05, 0.1) is 0 Å². The van der Waals surface area contributed by atoms with Crippen LogP contribution >= 0.6 is 0 Å². The predicted molar refractivity (Wildman–Crippen MR) is 82.9 cm³/mol. The molecule has 1 aliphatic heterocycles. The molecule has 106 valence electrons. The summed E-state index contributed by atoms with van der Waals surface area (Å²) in [5.41, 5.74) is 8.58. The molecule has 0 aromatic heterocycles. The molecule has 0 saturated heterocycles. The van der Waals surface area contributed by atoms with Crippen molar-refractivity contribution in [3.8, 4) is 0 Å². The number of benzene rings is 2. The summed E-state index contributed by atoms with van der Waals surface area (Å²) < 4.78 is 0. The van der Waals surface area contributed by atoms with Crippen molar-refractivity contribution in [2.45, 2.75) is 6.54 Å².